The number of hydrogen-bond donors (Lipinski definition) is 0. The Balaban J connectivity index is 1.59. The second-order valence-corrected chi connectivity index (χ2v) is 8.08. The number of piperidine rings is 1. The lowest BCUT2D eigenvalue weighted by Gasteiger charge is -2.40. The molecule has 2 aromatic carbocycles. The lowest BCUT2D eigenvalue weighted by Crippen LogP contribution is -2.57. The molecular weight excluding hydrogens is 450 g/mol. The molecule has 2 heterocycles. The third-order valence-electron chi connectivity index (χ3n) is 5.88. The molecule has 3 aromatic rings. The predicted molar refractivity (Wildman–Crippen MR) is 128 cm³/mol. The fourth-order valence-corrected chi connectivity index (χ4v) is 4.14. The summed E-state index contributed by atoms with van der Waals surface area (Å²) in [7, 11) is 0. The Kier molecular flexibility index (Phi) is 7.35. The van der Waals surface area contributed by atoms with E-state index in [0.717, 1.165) is 0 Å². The minimum atomic E-state index is -1.17. The maximum Gasteiger partial charge on any atom is 0.316 e. The van der Waals surface area contributed by atoms with Crippen molar-refractivity contribution in [3.63, 3.8) is 0 Å². The smallest absolute Gasteiger partial charge is 0.316 e. The van der Waals surface area contributed by atoms with Crippen molar-refractivity contribution < 1.29 is 24.0 Å². The number of pyridine rings is 1. The fourth-order valence-electron chi connectivity index (χ4n) is 4.14. The normalized spacial score (nSPS) is 19.6. The van der Waals surface area contributed by atoms with Gasteiger partial charge in [-0.2, -0.15) is 0 Å². The molecule has 0 spiro atoms. The SMILES string of the molecule is CCOC(=O)C1CC(Oc2ccc(C(=O)c3ccccc3)cc2)N(c2ccccn2)CC1[N+](=O)[O-]. The third kappa shape index (κ3) is 5.46. The van der Waals surface area contributed by atoms with Gasteiger partial charge in [-0.25, -0.2) is 4.98 Å². The molecule has 1 saturated heterocycles. The fraction of sp³-hybridized carbons (Fsp3) is 0.269. The van der Waals surface area contributed by atoms with Crippen LogP contribution in [0.4, 0.5) is 5.82 Å². The van der Waals surface area contributed by atoms with Crippen LogP contribution in [-0.2, 0) is 9.53 Å². The largest absolute Gasteiger partial charge is 0.470 e. The van der Waals surface area contributed by atoms with Crippen molar-refractivity contribution in [1.82, 2.24) is 4.98 Å². The van der Waals surface area contributed by atoms with Crippen LogP contribution in [0.2, 0.25) is 0 Å². The van der Waals surface area contributed by atoms with E-state index in [1.54, 1.807) is 84.8 Å². The minimum Gasteiger partial charge on any atom is -0.470 e. The number of carbonyl (C=O) groups is 2. The lowest BCUT2D eigenvalue weighted by atomic mass is 9.90. The van der Waals surface area contributed by atoms with Crippen LogP contribution in [0.3, 0.4) is 0 Å². The quantitative estimate of drug-likeness (QED) is 0.210. The van der Waals surface area contributed by atoms with Crippen LogP contribution in [-0.4, -0.2) is 47.1 Å². The number of nitro groups is 1. The molecule has 1 aromatic heterocycles. The molecule has 3 atom stereocenters. The molecule has 9 heteroatoms. The molecule has 0 bridgehead atoms. The number of hydrogen-bond acceptors (Lipinski definition) is 8. The molecular formula is C26H25N3O6. The molecule has 35 heavy (non-hydrogen) atoms. The number of benzene rings is 2. The Morgan fingerprint density at radius 3 is 2.34 bits per heavy atom. The summed E-state index contributed by atoms with van der Waals surface area (Å²) >= 11 is 0. The molecule has 0 radical (unpaired) electrons. The van der Waals surface area contributed by atoms with Gasteiger partial charge in [0.2, 0.25) is 6.04 Å². The monoisotopic (exact) mass is 475 g/mol. The zero-order valence-corrected chi connectivity index (χ0v) is 19.2. The second-order valence-electron chi connectivity index (χ2n) is 8.08. The van der Waals surface area contributed by atoms with Crippen molar-refractivity contribution in [3.8, 4) is 5.75 Å². The zero-order valence-electron chi connectivity index (χ0n) is 19.2. The summed E-state index contributed by atoms with van der Waals surface area (Å²) in [5.41, 5.74) is 1.09. The van der Waals surface area contributed by atoms with Gasteiger partial charge in [-0.3, -0.25) is 19.7 Å². The van der Waals surface area contributed by atoms with Crippen molar-refractivity contribution in [2.24, 2.45) is 5.92 Å². The van der Waals surface area contributed by atoms with Gasteiger partial charge in [0, 0.05) is 28.7 Å². The van der Waals surface area contributed by atoms with E-state index in [1.165, 1.54) is 0 Å². The lowest BCUT2D eigenvalue weighted by molar-refractivity contribution is -0.529. The first kappa shape index (κ1) is 23.9. The van der Waals surface area contributed by atoms with E-state index >= 15 is 0 Å². The number of anilines is 1. The topological polar surface area (TPSA) is 112 Å². The Hall–Kier alpha value is -4.27. The Morgan fingerprint density at radius 1 is 1.03 bits per heavy atom. The van der Waals surface area contributed by atoms with E-state index in [0.29, 0.717) is 22.7 Å². The molecule has 9 nitrogen and oxygen atoms in total. The van der Waals surface area contributed by atoms with Gasteiger partial charge in [0.25, 0.3) is 0 Å². The molecule has 1 aliphatic rings. The summed E-state index contributed by atoms with van der Waals surface area (Å²) in [4.78, 5) is 42.6. The van der Waals surface area contributed by atoms with Gasteiger partial charge < -0.3 is 14.4 Å². The Morgan fingerprint density at radius 2 is 1.71 bits per heavy atom. The predicted octanol–water partition coefficient (Wildman–Crippen LogP) is 3.75. The maximum atomic E-state index is 12.7. The average molecular weight is 476 g/mol. The van der Waals surface area contributed by atoms with Gasteiger partial charge in [0.1, 0.15) is 17.5 Å². The van der Waals surface area contributed by atoms with Crippen LogP contribution >= 0.6 is 0 Å². The highest BCUT2D eigenvalue weighted by atomic mass is 16.6. The average Bonchev–Trinajstić information content (AvgIpc) is 2.89. The van der Waals surface area contributed by atoms with Crippen molar-refractivity contribution in [2.45, 2.75) is 25.6 Å². The van der Waals surface area contributed by atoms with E-state index in [4.69, 9.17) is 9.47 Å². The first-order chi connectivity index (χ1) is 17.0. The van der Waals surface area contributed by atoms with Crippen LogP contribution < -0.4 is 9.64 Å². The number of rotatable bonds is 8. The van der Waals surface area contributed by atoms with Gasteiger partial charge in [0.15, 0.2) is 12.0 Å². The summed E-state index contributed by atoms with van der Waals surface area (Å²) in [6.45, 7) is 1.73. The molecule has 1 fully saturated rings. The summed E-state index contributed by atoms with van der Waals surface area (Å²) in [6.07, 6.45) is 0.937. The van der Waals surface area contributed by atoms with Gasteiger partial charge in [-0.05, 0) is 43.3 Å². The van der Waals surface area contributed by atoms with E-state index < -0.39 is 29.1 Å². The summed E-state index contributed by atoms with van der Waals surface area (Å²) in [5, 5.41) is 11.8. The van der Waals surface area contributed by atoms with Gasteiger partial charge in [-0.1, -0.05) is 36.4 Å². The Labute approximate surface area is 202 Å². The maximum absolute atomic E-state index is 12.7. The van der Waals surface area contributed by atoms with Crippen molar-refractivity contribution in [2.75, 3.05) is 18.1 Å². The molecule has 3 unspecified atom stereocenters. The second kappa shape index (κ2) is 10.8. The number of ketones is 1. The molecule has 4 rings (SSSR count). The molecule has 1 aliphatic heterocycles. The molecule has 0 N–H and O–H groups in total. The van der Waals surface area contributed by atoms with E-state index in [9.17, 15) is 19.7 Å². The van der Waals surface area contributed by atoms with E-state index in [1.807, 2.05) is 6.07 Å². The third-order valence-corrected chi connectivity index (χ3v) is 5.88. The van der Waals surface area contributed by atoms with Crippen LogP contribution in [0.25, 0.3) is 0 Å². The number of carbonyl (C=O) groups excluding carboxylic acids is 2. The van der Waals surface area contributed by atoms with E-state index in [-0.39, 0.29) is 25.4 Å². The first-order valence-electron chi connectivity index (χ1n) is 11.3. The summed E-state index contributed by atoms with van der Waals surface area (Å²) in [5.74, 6) is -0.729. The number of nitrogens with zero attached hydrogens (tertiary/aromatic N) is 3. The molecule has 0 amide bonds. The van der Waals surface area contributed by atoms with Crippen LogP contribution in [0.1, 0.15) is 29.3 Å². The van der Waals surface area contributed by atoms with Gasteiger partial charge in [-0.15, -0.1) is 0 Å². The standard InChI is InChI=1S/C26H25N3O6/c1-2-34-26(31)21-16-24(28(17-22(21)29(32)33)23-10-6-7-15-27-23)35-20-13-11-19(12-14-20)25(30)18-8-4-3-5-9-18/h3-15,21-22,24H,2,16-17H2,1H3. The molecule has 0 aliphatic carbocycles. The summed E-state index contributed by atoms with van der Waals surface area (Å²) in [6, 6.07) is 19.7. The first-order valence-corrected chi connectivity index (χ1v) is 11.3. The van der Waals surface area contributed by atoms with Crippen molar-refractivity contribution in [3.05, 3.63) is 100 Å². The Bertz CT molecular complexity index is 1170. The highest BCUT2D eigenvalue weighted by molar-refractivity contribution is 6.08. The number of esters is 1. The van der Waals surface area contributed by atoms with E-state index in [2.05, 4.69) is 4.98 Å². The molecule has 0 saturated carbocycles. The van der Waals surface area contributed by atoms with Crippen LogP contribution in [0.5, 0.6) is 5.75 Å². The number of ether oxygens (including phenoxy) is 2. The van der Waals surface area contributed by atoms with Crippen LogP contribution in [0.15, 0.2) is 79.0 Å². The minimum absolute atomic E-state index is 0.0474. The summed E-state index contributed by atoms with van der Waals surface area (Å²) < 4.78 is 11.3. The van der Waals surface area contributed by atoms with Gasteiger partial charge >= 0.3 is 5.97 Å². The van der Waals surface area contributed by atoms with Gasteiger partial charge in [0.05, 0.1) is 13.2 Å². The molecule has 180 valence electrons. The zero-order chi connectivity index (χ0) is 24.8. The van der Waals surface area contributed by atoms with Crippen LogP contribution in [0, 0.1) is 16.0 Å². The van der Waals surface area contributed by atoms with Crippen molar-refractivity contribution >= 4 is 17.6 Å². The van der Waals surface area contributed by atoms with Crippen molar-refractivity contribution in [1.29, 1.82) is 0 Å². The number of aromatic nitrogens is 1. The highest BCUT2D eigenvalue weighted by Crippen LogP contribution is 2.31. The highest BCUT2D eigenvalue weighted by Gasteiger charge is 2.48.